The first kappa shape index (κ1) is 22.2. The highest BCUT2D eigenvalue weighted by molar-refractivity contribution is 5.85. The summed E-state index contributed by atoms with van der Waals surface area (Å²) in [7, 11) is 0. The number of hydrogen-bond acceptors (Lipinski definition) is 3. The van der Waals surface area contributed by atoms with Crippen LogP contribution < -0.4 is 10.6 Å². The zero-order chi connectivity index (χ0) is 15.9. The van der Waals surface area contributed by atoms with Gasteiger partial charge >= 0.3 is 0 Å². The Morgan fingerprint density at radius 3 is 2.68 bits per heavy atom. The maximum atomic E-state index is 12.5. The van der Waals surface area contributed by atoms with E-state index in [2.05, 4.69) is 45.9 Å². The summed E-state index contributed by atoms with van der Waals surface area (Å²) >= 11 is 0. The Balaban J connectivity index is 0.00000156. The lowest BCUT2D eigenvalue weighted by atomic mass is 9.95. The summed E-state index contributed by atoms with van der Waals surface area (Å²) < 4.78 is 0. The van der Waals surface area contributed by atoms with Crippen LogP contribution in [0.3, 0.4) is 0 Å². The molecule has 2 atom stereocenters. The van der Waals surface area contributed by atoms with Crippen LogP contribution >= 0.6 is 24.8 Å². The van der Waals surface area contributed by atoms with Crippen LogP contribution in [-0.4, -0.2) is 43.5 Å². The van der Waals surface area contributed by atoms with Crippen LogP contribution in [0.5, 0.6) is 0 Å². The molecule has 2 saturated heterocycles. The van der Waals surface area contributed by atoms with E-state index in [1.165, 1.54) is 18.4 Å². The van der Waals surface area contributed by atoms with E-state index in [-0.39, 0.29) is 36.6 Å². The Hall–Kier alpha value is -0.810. The van der Waals surface area contributed by atoms with Gasteiger partial charge in [0.2, 0.25) is 5.91 Å². The van der Waals surface area contributed by atoms with Crippen LogP contribution in [0.25, 0.3) is 0 Å². The van der Waals surface area contributed by atoms with Gasteiger partial charge in [-0.1, -0.05) is 30.3 Å². The smallest absolute Gasteiger partial charge is 0.224 e. The number of carbonyl (C=O) groups is 1. The predicted octanol–water partition coefficient (Wildman–Crippen LogP) is 2.86. The van der Waals surface area contributed by atoms with Gasteiger partial charge in [-0.2, -0.15) is 0 Å². The molecule has 142 valence electrons. The van der Waals surface area contributed by atoms with Crippen molar-refractivity contribution < 1.29 is 4.79 Å². The topological polar surface area (TPSA) is 44.4 Å². The van der Waals surface area contributed by atoms with E-state index < -0.39 is 0 Å². The molecule has 2 unspecified atom stereocenters. The Morgan fingerprint density at radius 2 is 1.96 bits per heavy atom. The maximum Gasteiger partial charge on any atom is 0.224 e. The second kappa shape index (κ2) is 11.7. The molecule has 2 aliphatic heterocycles. The van der Waals surface area contributed by atoms with E-state index >= 15 is 0 Å². The second-order valence-electron chi connectivity index (χ2n) is 7.02. The van der Waals surface area contributed by atoms with Gasteiger partial charge in [0, 0.05) is 19.6 Å². The van der Waals surface area contributed by atoms with Crippen LogP contribution in [-0.2, 0) is 11.3 Å². The number of nitrogens with one attached hydrogen (secondary N) is 2. The lowest BCUT2D eigenvalue weighted by Gasteiger charge is -2.32. The average molecular weight is 388 g/mol. The third-order valence-electron chi connectivity index (χ3n) is 5.09. The molecule has 2 aliphatic rings. The normalized spacial score (nSPS) is 23.8. The number of hydrogen-bond donors (Lipinski definition) is 2. The largest absolute Gasteiger partial charge is 0.355 e. The van der Waals surface area contributed by atoms with Gasteiger partial charge in [-0.25, -0.2) is 0 Å². The molecule has 3 rings (SSSR count). The molecule has 2 heterocycles. The van der Waals surface area contributed by atoms with Gasteiger partial charge in [-0.05, 0) is 56.8 Å². The Morgan fingerprint density at radius 1 is 1.16 bits per heavy atom. The summed E-state index contributed by atoms with van der Waals surface area (Å²) in [5.74, 6) is 1.02. The summed E-state index contributed by atoms with van der Waals surface area (Å²) in [6, 6.07) is 10.6. The summed E-state index contributed by atoms with van der Waals surface area (Å²) in [5.41, 5.74) is 1.34. The van der Waals surface area contributed by atoms with Crippen molar-refractivity contribution >= 4 is 30.7 Å². The minimum atomic E-state index is 0. The minimum Gasteiger partial charge on any atom is -0.355 e. The van der Waals surface area contributed by atoms with E-state index in [1.54, 1.807) is 0 Å². The average Bonchev–Trinajstić information content (AvgIpc) is 2.62. The molecule has 1 aromatic rings. The molecule has 2 N–H and O–H groups in total. The van der Waals surface area contributed by atoms with Crippen molar-refractivity contribution in [3.05, 3.63) is 35.9 Å². The molecular weight excluding hydrogens is 357 g/mol. The van der Waals surface area contributed by atoms with Gasteiger partial charge < -0.3 is 10.6 Å². The van der Waals surface area contributed by atoms with E-state index in [9.17, 15) is 4.79 Å². The van der Waals surface area contributed by atoms with Crippen LogP contribution in [0.1, 0.15) is 31.2 Å². The van der Waals surface area contributed by atoms with E-state index in [4.69, 9.17) is 0 Å². The summed E-state index contributed by atoms with van der Waals surface area (Å²) in [4.78, 5) is 14.9. The maximum absolute atomic E-state index is 12.5. The van der Waals surface area contributed by atoms with Gasteiger partial charge in [0.15, 0.2) is 0 Å². The highest BCUT2D eigenvalue weighted by Crippen LogP contribution is 2.19. The van der Waals surface area contributed by atoms with Crippen LogP contribution in [0.2, 0.25) is 0 Å². The molecule has 6 heteroatoms. The molecule has 4 nitrogen and oxygen atoms in total. The first-order valence-corrected chi connectivity index (χ1v) is 9.06. The van der Waals surface area contributed by atoms with Crippen molar-refractivity contribution in [1.29, 1.82) is 0 Å². The molecule has 1 amide bonds. The lowest BCUT2D eigenvalue weighted by Crippen LogP contribution is -2.45. The molecule has 0 spiro atoms. The minimum absolute atomic E-state index is 0. The number of nitrogens with zero attached hydrogens (tertiary/aromatic N) is 1. The number of likely N-dealkylation sites (tertiary alicyclic amines) is 1. The fraction of sp³-hybridized carbons (Fsp3) is 0.632. The quantitative estimate of drug-likeness (QED) is 0.816. The molecule has 25 heavy (non-hydrogen) atoms. The monoisotopic (exact) mass is 387 g/mol. The fourth-order valence-corrected chi connectivity index (χ4v) is 3.74. The summed E-state index contributed by atoms with van der Waals surface area (Å²) in [5, 5.41) is 6.61. The molecule has 2 fully saturated rings. The van der Waals surface area contributed by atoms with E-state index in [1.807, 2.05) is 0 Å². The first-order valence-electron chi connectivity index (χ1n) is 9.06. The number of rotatable bonds is 5. The third kappa shape index (κ3) is 7.14. The van der Waals surface area contributed by atoms with Gasteiger partial charge in [0.05, 0.1) is 5.92 Å². The summed E-state index contributed by atoms with van der Waals surface area (Å²) in [6.07, 6.45) is 4.61. The molecule has 0 radical (unpaired) electrons. The van der Waals surface area contributed by atoms with Gasteiger partial charge in [0.25, 0.3) is 0 Å². The molecule has 0 aliphatic carbocycles. The zero-order valence-corrected chi connectivity index (χ0v) is 16.4. The number of benzene rings is 1. The third-order valence-corrected chi connectivity index (χ3v) is 5.09. The number of piperidine rings is 2. The van der Waals surface area contributed by atoms with Crippen molar-refractivity contribution in [2.24, 2.45) is 11.8 Å². The predicted molar refractivity (Wildman–Crippen MR) is 108 cm³/mol. The number of amides is 1. The highest BCUT2D eigenvalue weighted by Gasteiger charge is 2.26. The highest BCUT2D eigenvalue weighted by atomic mass is 35.5. The lowest BCUT2D eigenvalue weighted by molar-refractivity contribution is -0.127. The Kier molecular flexibility index (Phi) is 10.4. The van der Waals surface area contributed by atoms with Gasteiger partial charge in [0.1, 0.15) is 0 Å². The molecule has 1 aromatic carbocycles. The van der Waals surface area contributed by atoms with Crippen LogP contribution in [0, 0.1) is 11.8 Å². The van der Waals surface area contributed by atoms with Crippen LogP contribution in [0.15, 0.2) is 30.3 Å². The van der Waals surface area contributed by atoms with Crippen molar-refractivity contribution in [3.8, 4) is 0 Å². The van der Waals surface area contributed by atoms with Crippen molar-refractivity contribution in [2.75, 3.05) is 32.7 Å². The van der Waals surface area contributed by atoms with Crippen LogP contribution in [0.4, 0.5) is 0 Å². The second-order valence-corrected chi connectivity index (χ2v) is 7.02. The molecule has 0 bridgehead atoms. The van der Waals surface area contributed by atoms with Crippen molar-refractivity contribution in [1.82, 2.24) is 15.5 Å². The molecular formula is C19H31Cl2N3O. The SMILES string of the molecule is Cl.Cl.O=C(NCC1CCCNC1)C1CCCN(Cc2ccccc2)C1. The van der Waals surface area contributed by atoms with Gasteiger partial charge in [-0.15, -0.1) is 24.8 Å². The standard InChI is InChI=1S/C19H29N3O.2ClH/c23-19(21-13-17-8-4-10-20-12-17)18-9-5-11-22(15-18)14-16-6-2-1-3-7-16;;/h1-3,6-7,17-18,20H,4-5,8-15H2,(H,21,23);2*1H. The molecule has 0 saturated carbocycles. The Bertz CT molecular complexity index is 495. The number of carbonyl (C=O) groups excluding carboxylic acids is 1. The number of halogens is 2. The zero-order valence-electron chi connectivity index (χ0n) is 14.8. The van der Waals surface area contributed by atoms with Gasteiger partial charge in [-0.3, -0.25) is 9.69 Å². The Labute approximate surface area is 163 Å². The van der Waals surface area contributed by atoms with Crippen molar-refractivity contribution in [2.45, 2.75) is 32.2 Å². The summed E-state index contributed by atoms with van der Waals surface area (Å²) in [6.45, 7) is 5.96. The molecule has 0 aromatic heterocycles. The first-order chi connectivity index (χ1) is 11.3. The van der Waals surface area contributed by atoms with E-state index in [0.29, 0.717) is 5.92 Å². The van der Waals surface area contributed by atoms with Crippen molar-refractivity contribution in [3.63, 3.8) is 0 Å². The van der Waals surface area contributed by atoms with E-state index in [0.717, 1.165) is 52.1 Å². The fourth-order valence-electron chi connectivity index (χ4n) is 3.74.